The Labute approximate surface area is 83.9 Å². The molecule has 0 N–H and O–H groups in total. The molecule has 0 unspecified atom stereocenters. The Hall–Kier alpha value is -1.57. The van der Waals surface area contributed by atoms with Gasteiger partial charge in [-0.25, -0.2) is 4.98 Å². The summed E-state index contributed by atoms with van der Waals surface area (Å²) < 4.78 is 2.23. The third-order valence-electron chi connectivity index (χ3n) is 2.40. The van der Waals surface area contributed by atoms with Crippen LogP contribution in [0.25, 0.3) is 11.0 Å². The van der Waals surface area contributed by atoms with Crippen LogP contribution in [-0.4, -0.2) is 9.55 Å². The highest BCUT2D eigenvalue weighted by molar-refractivity contribution is 5.75. The molecule has 0 aliphatic rings. The quantitative estimate of drug-likeness (QED) is 0.674. The minimum Gasteiger partial charge on any atom is -0.328 e. The van der Waals surface area contributed by atoms with Crippen molar-refractivity contribution in [2.24, 2.45) is 0 Å². The first-order chi connectivity index (χ1) is 6.83. The summed E-state index contributed by atoms with van der Waals surface area (Å²) in [4.78, 5) is 4.49. The van der Waals surface area contributed by atoms with Crippen molar-refractivity contribution in [1.29, 1.82) is 0 Å². The maximum absolute atomic E-state index is 4.49. The highest BCUT2D eigenvalue weighted by Gasteiger charge is 2.04. The highest BCUT2D eigenvalue weighted by atomic mass is 15.1. The lowest BCUT2D eigenvalue weighted by Gasteiger charge is -2.03. The molecule has 1 aromatic heterocycles. The Morgan fingerprint density at radius 1 is 1.43 bits per heavy atom. The SMILES string of the molecule is C=CCCn1c(C)nc2ccccc21. The van der Waals surface area contributed by atoms with Crippen LogP contribution in [0.4, 0.5) is 0 Å². The molecule has 0 amide bonds. The first kappa shape index (κ1) is 9.00. The molecule has 0 atom stereocenters. The van der Waals surface area contributed by atoms with Crippen molar-refractivity contribution >= 4 is 11.0 Å². The smallest absolute Gasteiger partial charge is 0.106 e. The zero-order chi connectivity index (χ0) is 9.97. The van der Waals surface area contributed by atoms with Gasteiger partial charge in [-0.3, -0.25) is 0 Å². The zero-order valence-corrected chi connectivity index (χ0v) is 8.40. The van der Waals surface area contributed by atoms with Crippen molar-refractivity contribution in [2.75, 3.05) is 0 Å². The summed E-state index contributed by atoms with van der Waals surface area (Å²) in [5.41, 5.74) is 2.29. The largest absolute Gasteiger partial charge is 0.328 e. The maximum Gasteiger partial charge on any atom is 0.106 e. The molecule has 0 radical (unpaired) electrons. The van der Waals surface area contributed by atoms with Crippen LogP contribution in [0.2, 0.25) is 0 Å². The average Bonchev–Trinajstić information content (AvgIpc) is 2.51. The molecule has 14 heavy (non-hydrogen) atoms. The minimum atomic E-state index is 0.968. The van der Waals surface area contributed by atoms with Crippen LogP contribution < -0.4 is 0 Å². The van der Waals surface area contributed by atoms with E-state index in [4.69, 9.17) is 0 Å². The molecule has 0 aliphatic carbocycles. The fraction of sp³-hybridized carbons (Fsp3) is 0.250. The Balaban J connectivity index is 2.50. The number of hydrogen-bond donors (Lipinski definition) is 0. The lowest BCUT2D eigenvalue weighted by molar-refractivity contribution is 0.705. The predicted octanol–water partition coefficient (Wildman–Crippen LogP) is 2.92. The van der Waals surface area contributed by atoms with Gasteiger partial charge in [0.1, 0.15) is 5.82 Å². The van der Waals surface area contributed by atoms with Crippen molar-refractivity contribution in [2.45, 2.75) is 19.9 Å². The van der Waals surface area contributed by atoms with Gasteiger partial charge < -0.3 is 4.57 Å². The van der Waals surface area contributed by atoms with E-state index < -0.39 is 0 Å². The molecule has 0 spiro atoms. The fourth-order valence-electron chi connectivity index (χ4n) is 1.70. The van der Waals surface area contributed by atoms with Gasteiger partial charge in [-0.15, -0.1) is 6.58 Å². The van der Waals surface area contributed by atoms with Gasteiger partial charge in [0.15, 0.2) is 0 Å². The van der Waals surface area contributed by atoms with E-state index in [-0.39, 0.29) is 0 Å². The number of benzene rings is 1. The molecule has 0 aliphatic heterocycles. The zero-order valence-electron chi connectivity index (χ0n) is 8.40. The van der Waals surface area contributed by atoms with E-state index in [0.29, 0.717) is 0 Å². The molecule has 0 saturated carbocycles. The molecule has 0 fully saturated rings. The number of fused-ring (bicyclic) bond motifs is 1. The van der Waals surface area contributed by atoms with E-state index in [0.717, 1.165) is 24.3 Å². The number of aryl methyl sites for hydroxylation is 2. The Morgan fingerprint density at radius 3 is 3.00 bits per heavy atom. The first-order valence-electron chi connectivity index (χ1n) is 4.85. The number of rotatable bonds is 3. The monoisotopic (exact) mass is 186 g/mol. The molecule has 72 valence electrons. The van der Waals surface area contributed by atoms with Gasteiger partial charge in [-0.1, -0.05) is 18.2 Å². The summed E-state index contributed by atoms with van der Waals surface area (Å²) in [5.74, 6) is 1.08. The minimum absolute atomic E-state index is 0.968. The van der Waals surface area contributed by atoms with Gasteiger partial charge in [0, 0.05) is 6.54 Å². The summed E-state index contributed by atoms with van der Waals surface area (Å²) in [6.45, 7) is 6.75. The van der Waals surface area contributed by atoms with Crippen LogP contribution in [0.15, 0.2) is 36.9 Å². The van der Waals surface area contributed by atoms with Crippen molar-refractivity contribution in [3.05, 3.63) is 42.7 Å². The van der Waals surface area contributed by atoms with Gasteiger partial charge >= 0.3 is 0 Å². The maximum atomic E-state index is 4.49. The van der Waals surface area contributed by atoms with Crippen LogP contribution in [0, 0.1) is 6.92 Å². The highest BCUT2D eigenvalue weighted by Crippen LogP contribution is 2.15. The molecule has 1 aromatic carbocycles. The molecule has 2 heteroatoms. The summed E-state index contributed by atoms with van der Waals surface area (Å²) >= 11 is 0. The third-order valence-corrected chi connectivity index (χ3v) is 2.40. The Kier molecular flexibility index (Phi) is 2.35. The molecule has 0 saturated heterocycles. The van der Waals surface area contributed by atoms with Crippen LogP contribution in [0.1, 0.15) is 12.2 Å². The number of hydrogen-bond acceptors (Lipinski definition) is 1. The van der Waals surface area contributed by atoms with E-state index in [1.54, 1.807) is 0 Å². The standard InChI is InChI=1S/C12H14N2/c1-3-4-9-14-10(2)13-11-7-5-6-8-12(11)14/h3,5-8H,1,4,9H2,2H3. The van der Waals surface area contributed by atoms with Crippen LogP contribution in [0.3, 0.4) is 0 Å². The second-order valence-corrected chi connectivity index (χ2v) is 3.38. The molecule has 2 nitrogen and oxygen atoms in total. The van der Waals surface area contributed by atoms with Crippen molar-refractivity contribution in [3.8, 4) is 0 Å². The van der Waals surface area contributed by atoms with Crippen molar-refractivity contribution in [3.63, 3.8) is 0 Å². The summed E-state index contributed by atoms with van der Waals surface area (Å²) in [6.07, 6.45) is 2.93. The van der Waals surface area contributed by atoms with Gasteiger partial charge in [0.25, 0.3) is 0 Å². The van der Waals surface area contributed by atoms with Gasteiger partial charge in [-0.2, -0.15) is 0 Å². The Morgan fingerprint density at radius 2 is 2.21 bits per heavy atom. The molecule has 1 heterocycles. The number of allylic oxidation sites excluding steroid dienone is 1. The summed E-state index contributed by atoms with van der Waals surface area (Å²) in [7, 11) is 0. The molecular weight excluding hydrogens is 172 g/mol. The fourth-order valence-corrected chi connectivity index (χ4v) is 1.70. The van der Waals surface area contributed by atoms with E-state index in [9.17, 15) is 0 Å². The molecular formula is C12H14N2. The van der Waals surface area contributed by atoms with Crippen LogP contribution in [0.5, 0.6) is 0 Å². The number of para-hydroxylation sites is 2. The van der Waals surface area contributed by atoms with Crippen molar-refractivity contribution < 1.29 is 0 Å². The van der Waals surface area contributed by atoms with Gasteiger partial charge in [0.05, 0.1) is 11.0 Å². The van der Waals surface area contributed by atoms with Crippen molar-refractivity contribution in [1.82, 2.24) is 9.55 Å². The van der Waals surface area contributed by atoms with Gasteiger partial charge in [-0.05, 0) is 25.5 Å². The van der Waals surface area contributed by atoms with Crippen LogP contribution in [-0.2, 0) is 6.54 Å². The van der Waals surface area contributed by atoms with E-state index in [1.807, 2.05) is 31.2 Å². The second kappa shape index (κ2) is 3.66. The van der Waals surface area contributed by atoms with E-state index in [2.05, 4.69) is 22.2 Å². The second-order valence-electron chi connectivity index (χ2n) is 3.38. The summed E-state index contributed by atoms with van der Waals surface area (Å²) in [6, 6.07) is 8.23. The lowest BCUT2D eigenvalue weighted by atomic mass is 10.3. The molecule has 2 rings (SSSR count). The number of nitrogens with zero attached hydrogens (tertiary/aromatic N) is 2. The topological polar surface area (TPSA) is 17.8 Å². The number of aromatic nitrogens is 2. The van der Waals surface area contributed by atoms with E-state index >= 15 is 0 Å². The lowest BCUT2D eigenvalue weighted by Crippen LogP contribution is -1.98. The number of imidazole rings is 1. The normalized spacial score (nSPS) is 10.6. The average molecular weight is 186 g/mol. The Bertz CT molecular complexity index is 454. The molecule has 0 bridgehead atoms. The van der Waals surface area contributed by atoms with Crippen LogP contribution >= 0.6 is 0 Å². The van der Waals surface area contributed by atoms with Gasteiger partial charge in [0.2, 0.25) is 0 Å². The predicted molar refractivity (Wildman–Crippen MR) is 59.3 cm³/mol. The first-order valence-corrected chi connectivity index (χ1v) is 4.85. The van der Waals surface area contributed by atoms with E-state index in [1.165, 1.54) is 5.52 Å². The summed E-state index contributed by atoms with van der Waals surface area (Å²) in [5, 5.41) is 0. The molecule has 2 aromatic rings. The third kappa shape index (κ3) is 1.43.